The summed E-state index contributed by atoms with van der Waals surface area (Å²) in [5.41, 5.74) is 2.43. The number of aromatic nitrogens is 2. The zero-order chi connectivity index (χ0) is 14.2. The first-order chi connectivity index (χ1) is 10.3. The average Bonchev–Trinajstić information content (AvgIpc) is 2.53. The molecule has 0 atom stereocenters. The van der Waals surface area contributed by atoms with E-state index in [9.17, 15) is 4.79 Å². The Balaban J connectivity index is 2.16. The zero-order valence-corrected chi connectivity index (χ0v) is 11.2. The highest BCUT2D eigenvalue weighted by molar-refractivity contribution is 6.02. The Morgan fingerprint density at radius 1 is 0.857 bits per heavy atom. The fourth-order valence-electron chi connectivity index (χ4n) is 2.73. The van der Waals surface area contributed by atoms with Crippen molar-refractivity contribution in [3.05, 3.63) is 77.2 Å². The SMILES string of the molecule is O=c1cc(-c2nccc3ccccc23)c2ccccc2[nH]1. The second kappa shape index (κ2) is 4.56. The minimum atomic E-state index is -0.113. The van der Waals surface area contributed by atoms with E-state index in [1.807, 2.05) is 48.5 Å². The highest BCUT2D eigenvalue weighted by Crippen LogP contribution is 2.30. The maximum Gasteiger partial charge on any atom is 0.249 e. The molecule has 0 aliphatic heterocycles. The van der Waals surface area contributed by atoms with E-state index in [1.165, 1.54) is 0 Å². The van der Waals surface area contributed by atoms with Crippen LogP contribution in [0, 0.1) is 0 Å². The number of nitrogens with one attached hydrogen (secondary N) is 1. The minimum Gasteiger partial charge on any atom is -0.322 e. The number of rotatable bonds is 1. The van der Waals surface area contributed by atoms with Crippen LogP contribution in [0.2, 0.25) is 0 Å². The van der Waals surface area contributed by atoms with E-state index < -0.39 is 0 Å². The predicted molar refractivity (Wildman–Crippen MR) is 85.3 cm³/mol. The van der Waals surface area contributed by atoms with Gasteiger partial charge in [0.25, 0.3) is 0 Å². The lowest BCUT2D eigenvalue weighted by Crippen LogP contribution is -2.05. The Kier molecular flexibility index (Phi) is 2.57. The van der Waals surface area contributed by atoms with Crippen LogP contribution in [-0.2, 0) is 0 Å². The van der Waals surface area contributed by atoms with Crippen molar-refractivity contribution in [3.63, 3.8) is 0 Å². The van der Waals surface area contributed by atoms with Crippen LogP contribution in [0.5, 0.6) is 0 Å². The summed E-state index contributed by atoms with van der Waals surface area (Å²) in [6, 6.07) is 19.5. The fraction of sp³-hybridized carbons (Fsp3) is 0. The Morgan fingerprint density at radius 3 is 2.52 bits per heavy atom. The van der Waals surface area contributed by atoms with Gasteiger partial charge in [0.1, 0.15) is 0 Å². The number of hydrogen-bond donors (Lipinski definition) is 1. The molecule has 0 amide bonds. The molecule has 0 fully saturated rings. The Labute approximate surface area is 120 Å². The summed E-state index contributed by atoms with van der Waals surface area (Å²) in [4.78, 5) is 19.3. The lowest BCUT2D eigenvalue weighted by Gasteiger charge is -2.08. The van der Waals surface area contributed by atoms with Gasteiger partial charge >= 0.3 is 0 Å². The lowest BCUT2D eigenvalue weighted by molar-refractivity contribution is 1.29. The summed E-state index contributed by atoms with van der Waals surface area (Å²) in [6.07, 6.45) is 1.79. The van der Waals surface area contributed by atoms with Gasteiger partial charge in [-0.15, -0.1) is 0 Å². The fourth-order valence-corrected chi connectivity index (χ4v) is 2.73. The third-order valence-corrected chi connectivity index (χ3v) is 3.68. The highest BCUT2D eigenvalue weighted by atomic mass is 16.1. The molecule has 0 unspecified atom stereocenters. The van der Waals surface area contributed by atoms with Crippen molar-refractivity contribution in [3.8, 4) is 11.3 Å². The third kappa shape index (κ3) is 1.91. The summed E-state index contributed by atoms with van der Waals surface area (Å²) in [5.74, 6) is 0. The third-order valence-electron chi connectivity index (χ3n) is 3.68. The molecular weight excluding hydrogens is 260 g/mol. The van der Waals surface area contributed by atoms with Crippen LogP contribution in [-0.4, -0.2) is 9.97 Å². The standard InChI is InChI=1S/C18H12N2O/c21-17-11-15(14-7-3-4-8-16(14)20-17)18-13-6-2-1-5-12(13)9-10-19-18/h1-11H,(H,20,21). The molecule has 2 aromatic heterocycles. The largest absolute Gasteiger partial charge is 0.322 e. The van der Waals surface area contributed by atoms with Gasteiger partial charge in [-0.05, 0) is 17.5 Å². The van der Waals surface area contributed by atoms with Crippen molar-refractivity contribution >= 4 is 21.7 Å². The number of pyridine rings is 2. The Bertz CT molecular complexity index is 1010. The van der Waals surface area contributed by atoms with E-state index in [0.29, 0.717) is 0 Å². The molecule has 3 nitrogen and oxygen atoms in total. The van der Waals surface area contributed by atoms with Gasteiger partial charge in [0, 0.05) is 34.1 Å². The smallest absolute Gasteiger partial charge is 0.249 e. The summed E-state index contributed by atoms with van der Waals surface area (Å²) in [5, 5.41) is 3.17. The van der Waals surface area contributed by atoms with E-state index in [1.54, 1.807) is 12.3 Å². The first-order valence-electron chi connectivity index (χ1n) is 6.79. The van der Waals surface area contributed by atoms with Crippen LogP contribution in [0.15, 0.2) is 71.7 Å². The van der Waals surface area contributed by atoms with Crippen molar-refractivity contribution in [1.82, 2.24) is 9.97 Å². The molecule has 0 saturated carbocycles. The molecular formula is C18H12N2O. The summed E-state index contributed by atoms with van der Waals surface area (Å²) in [7, 11) is 0. The topological polar surface area (TPSA) is 45.8 Å². The maximum absolute atomic E-state index is 11.9. The zero-order valence-electron chi connectivity index (χ0n) is 11.2. The van der Waals surface area contributed by atoms with Crippen molar-refractivity contribution < 1.29 is 0 Å². The molecule has 0 spiro atoms. The van der Waals surface area contributed by atoms with E-state index in [-0.39, 0.29) is 5.56 Å². The van der Waals surface area contributed by atoms with Gasteiger partial charge in [-0.3, -0.25) is 9.78 Å². The minimum absolute atomic E-state index is 0.113. The van der Waals surface area contributed by atoms with Gasteiger partial charge in [0.2, 0.25) is 5.56 Å². The van der Waals surface area contributed by atoms with Gasteiger partial charge in [-0.1, -0.05) is 42.5 Å². The van der Waals surface area contributed by atoms with Crippen LogP contribution in [0.1, 0.15) is 0 Å². The number of para-hydroxylation sites is 1. The Hall–Kier alpha value is -2.94. The normalized spacial score (nSPS) is 11.0. The predicted octanol–water partition coefficient (Wildman–Crippen LogP) is 3.74. The molecule has 0 aliphatic rings. The second-order valence-corrected chi connectivity index (χ2v) is 4.97. The van der Waals surface area contributed by atoms with Gasteiger partial charge in [-0.25, -0.2) is 0 Å². The molecule has 2 aromatic carbocycles. The van der Waals surface area contributed by atoms with Crippen LogP contribution >= 0.6 is 0 Å². The molecule has 3 heteroatoms. The average molecular weight is 272 g/mol. The van der Waals surface area contributed by atoms with Gasteiger partial charge in [-0.2, -0.15) is 0 Å². The molecule has 100 valence electrons. The van der Waals surface area contributed by atoms with Crippen molar-refractivity contribution in [2.75, 3.05) is 0 Å². The number of hydrogen-bond acceptors (Lipinski definition) is 2. The number of fused-ring (bicyclic) bond motifs is 2. The van der Waals surface area contributed by atoms with Crippen LogP contribution in [0.25, 0.3) is 32.9 Å². The molecule has 1 N–H and O–H groups in total. The number of benzene rings is 2. The van der Waals surface area contributed by atoms with Crippen molar-refractivity contribution in [2.24, 2.45) is 0 Å². The van der Waals surface area contributed by atoms with Crippen molar-refractivity contribution in [2.45, 2.75) is 0 Å². The molecule has 4 rings (SSSR count). The van der Waals surface area contributed by atoms with E-state index in [4.69, 9.17) is 0 Å². The molecule has 4 aromatic rings. The first-order valence-corrected chi connectivity index (χ1v) is 6.79. The van der Waals surface area contributed by atoms with E-state index in [2.05, 4.69) is 16.0 Å². The molecule has 2 heterocycles. The van der Waals surface area contributed by atoms with E-state index in [0.717, 1.165) is 32.9 Å². The summed E-state index contributed by atoms with van der Waals surface area (Å²) < 4.78 is 0. The van der Waals surface area contributed by atoms with Gasteiger partial charge in [0.05, 0.1) is 5.69 Å². The van der Waals surface area contributed by atoms with Crippen LogP contribution in [0.4, 0.5) is 0 Å². The van der Waals surface area contributed by atoms with Gasteiger partial charge in [0.15, 0.2) is 0 Å². The van der Waals surface area contributed by atoms with Crippen molar-refractivity contribution in [1.29, 1.82) is 0 Å². The van der Waals surface area contributed by atoms with Crippen LogP contribution in [0.3, 0.4) is 0 Å². The number of nitrogens with zero attached hydrogens (tertiary/aromatic N) is 1. The molecule has 0 bridgehead atoms. The first kappa shape index (κ1) is 11.9. The summed E-state index contributed by atoms with van der Waals surface area (Å²) >= 11 is 0. The number of aromatic amines is 1. The highest BCUT2D eigenvalue weighted by Gasteiger charge is 2.10. The lowest BCUT2D eigenvalue weighted by atomic mass is 10.0. The molecule has 21 heavy (non-hydrogen) atoms. The monoisotopic (exact) mass is 272 g/mol. The quantitative estimate of drug-likeness (QED) is 0.573. The number of H-pyrrole nitrogens is 1. The van der Waals surface area contributed by atoms with Gasteiger partial charge < -0.3 is 4.98 Å². The molecule has 0 radical (unpaired) electrons. The molecule has 0 saturated heterocycles. The Morgan fingerprint density at radius 2 is 1.62 bits per heavy atom. The second-order valence-electron chi connectivity index (χ2n) is 4.97. The summed E-state index contributed by atoms with van der Waals surface area (Å²) in [6.45, 7) is 0. The van der Waals surface area contributed by atoms with Crippen LogP contribution < -0.4 is 5.56 Å². The van der Waals surface area contributed by atoms with E-state index >= 15 is 0 Å². The maximum atomic E-state index is 11.9. The molecule has 0 aliphatic carbocycles.